The molecule has 1 N–H and O–H groups in total. The van der Waals surface area contributed by atoms with Gasteiger partial charge in [0.05, 0.1) is 17.9 Å². The SMILES string of the molecule is CCOC(=O)c1cc(C#N)c(N2CCC(C(=O)NS(=O)(=O)Cc3ccccc3)CC2)nc1On1nnc2ccccc21. The Bertz CT molecular complexity index is 1760. The molecule has 0 spiro atoms. The summed E-state index contributed by atoms with van der Waals surface area (Å²) in [5, 5.41) is 17.9. The Balaban J connectivity index is 1.34. The lowest BCUT2D eigenvalue weighted by molar-refractivity contribution is -0.123. The molecule has 0 bridgehead atoms. The predicted octanol–water partition coefficient (Wildman–Crippen LogP) is 2.58. The van der Waals surface area contributed by atoms with E-state index in [9.17, 15) is 23.3 Å². The van der Waals surface area contributed by atoms with Crippen molar-refractivity contribution in [3.8, 4) is 11.9 Å². The zero-order chi connectivity index (χ0) is 29.7. The van der Waals surface area contributed by atoms with Crippen molar-refractivity contribution < 1.29 is 27.6 Å². The van der Waals surface area contributed by atoms with Gasteiger partial charge in [0.1, 0.15) is 22.7 Å². The number of fused-ring (bicyclic) bond motifs is 1. The fraction of sp³-hybridized carbons (Fsp3) is 0.286. The first-order chi connectivity index (χ1) is 20.3. The Hall–Kier alpha value is -5.03. The van der Waals surface area contributed by atoms with Gasteiger partial charge in [0.2, 0.25) is 15.9 Å². The molecule has 0 radical (unpaired) electrons. The van der Waals surface area contributed by atoms with Gasteiger partial charge in [0.25, 0.3) is 5.88 Å². The highest BCUT2D eigenvalue weighted by Crippen LogP contribution is 2.30. The van der Waals surface area contributed by atoms with Crippen molar-refractivity contribution >= 4 is 38.8 Å². The number of sulfonamides is 1. The number of amides is 1. The van der Waals surface area contributed by atoms with Crippen molar-refractivity contribution in [1.82, 2.24) is 24.9 Å². The number of piperidine rings is 1. The van der Waals surface area contributed by atoms with Gasteiger partial charge in [0, 0.05) is 19.0 Å². The number of carbonyl (C=O) groups is 2. The Morgan fingerprint density at radius 3 is 2.52 bits per heavy atom. The van der Waals surface area contributed by atoms with Crippen molar-refractivity contribution in [3.63, 3.8) is 0 Å². The van der Waals surface area contributed by atoms with Crippen LogP contribution in [0.25, 0.3) is 11.0 Å². The molecule has 1 saturated heterocycles. The minimum atomic E-state index is -3.87. The van der Waals surface area contributed by atoms with E-state index in [1.54, 1.807) is 66.4 Å². The van der Waals surface area contributed by atoms with Gasteiger partial charge in [-0.2, -0.15) is 10.2 Å². The molecule has 0 aliphatic carbocycles. The van der Waals surface area contributed by atoms with Gasteiger partial charge in [-0.1, -0.05) is 47.3 Å². The summed E-state index contributed by atoms with van der Waals surface area (Å²) in [4.78, 5) is 38.9. The summed E-state index contributed by atoms with van der Waals surface area (Å²) in [6.45, 7) is 2.38. The summed E-state index contributed by atoms with van der Waals surface area (Å²) >= 11 is 0. The summed E-state index contributed by atoms with van der Waals surface area (Å²) in [7, 11) is -3.87. The monoisotopic (exact) mass is 589 g/mol. The smallest absolute Gasteiger partial charge is 0.343 e. The number of hydrogen-bond donors (Lipinski definition) is 1. The standard InChI is InChI=1S/C28H27N7O6S/c1-2-40-28(37)22-16-21(17-29)25(30-27(22)41-35-24-11-7-6-10-23(24)31-33-35)34-14-12-20(13-15-34)26(36)32-42(38,39)18-19-8-4-3-5-9-19/h3-11,16,20H,2,12-15,18H2,1H3,(H,32,36). The Morgan fingerprint density at radius 2 is 1.81 bits per heavy atom. The van der Waals surface area contributed by atoms with Gasteiger partial charge in [-0.3, -0.25) is 9.52 Å². The lowest BCUT2D eigenvalue weighted by Gasteiger charge is -2.32. The second-order valence-corrected chi connectivity index (χ2v) is 11.3. The van der Waals surface area contributed by atoms with Crippen LogP contribution in [0.4, 0.5) is 5.82 Å². The van der Waals surface area contributed by atoms with Crippen LogP contribution in [0, 0.1) is 17.2 Å². The van der Waals surface area contributed by atoms with Gasteiger partial charge >= 0.3 is 5.97 Å². The maximum absolute atomic E-state index is 12.8. The van der Waals surface area contributed by atoms with Gasteiger partial charge in [-0.25, -0.2) is 13.2 Å². The molecule has 42 heavy (non-hydrogen) atoms. The van der Waals surface area contributed by atoms with Gasteiger partial charge in [-0.05, 0) is 48.7 Å². The number of para-hydroxylation sites is 1. The van der Waals surface area contributed by atoms with Crippen molar-refractivity contribution in [1.29, 1.82) is 5.26 Å². The van der Waals surface area contributed by atoms with Crippen LogP contribution in [0.3, 0.4) is 0 Å². The van der Waals surface area contributed by atoms with Crippen molar-refractivity contribution in [2.24, 2.45) is 5.92 Å². The van der Waals surface area contributed by atoms with Crippen LogP contribution in [0.5, 0.6) is 5.88 Å². The molecule has 1 aliphatic heterocycles. The third-order valence-corrected chi connectivity index (χ3v) is 7.92. The van der Waals surface area contributed by atoms with Crippen LogP contribution >= 0.6 is 0 Å². The second-order valence-electron chi connectivity index (χ2n) is 9.56. The van der Waals surface area contributed by atoms with Crippen LogP contribution < -0.4 is 14.5 Å². The van der Waals surface area contributed by atoms with Crippen molar-refractivity contribution in [3.05, 3.63) is 77.4 Å². The average molecular weight is 590 g/mol. The number of benzene rings is 2. The van der Waals surface area contributed by atoms with Crippen LogP contribution in [0.1, 0.15) is 41.3 Å². The number of pyridine rings is 1. The van der Waals surface area contributed by atoms with Gasteiger partial charge in [0.15, 0.2) is 5.82 Å². The Morgan fingerprint density at radius 1 is 1.10 bits per heavy atom. The number of esters is 1. The number of aromatic nitrogens is 4. The van der Waals surface area contributed by atoms with E-state index in [2.05, 4.69) is 26.1 Å². The molecule has 14 heteroatoms. The fourth-order valence-corrected chi connectivity index (χ4v) is 5.83. The molecule has 1 amide bonds. The summed E-state index contributed by atoms with van der Waals surface area (Å²) < 4.78 is 32.5. The molecule has 0 unspecified atom stereocenters. The number of rotatable bonds is 9. The van der Waals surface area contributed by atoms with Crippen LogP contribution in [-0.2, 0) is 25.3 Å². The first-order valence-electron chi connectivity index (χ1n) is 13.2. The first-order valence-corrected chi connectivity index (χ1v) is 14.9. The zero-order valence-corrected chi connectivity index (χ0v) is 23.5. The molecule has 2 aromatic heterocycles. The number of hydrogen-bond acceptors (Lipinski definition) is 11. The van der Waals surface area contributed by atoms with E-state index in [1.165, 1.54) is 6.07 Å². The highest BCUT2D eigenvalue weighted by atomic mass is 32.2. The van der Waals surface area contributed by atoms with E-state index in [-0.39, 0.29) is 35.2 Å². The maximum Gasteiger partial charge on any atom is 0.343 e. The number of nitrogens with one attached hydrogen (secondary N) is 1. The van der Waals surface area contributed by atoms with Crippen LogP contribution in [0.2, 0.25) is 0 Å². The minimum Gasteiger partial charge on any atom is -0.462 e. The molecule has 5 rings (SSSR count). The van der Waals surface area contributed by atoms with Crippen molar-refractivity contribution in [2.45, 2.75) is 25.5 Å². The number of nitriles is 1. The van der Waals surface area contributed by atoms with E-state index in [0.717, 1.165) is 4.85 Å². The summed E-state index contributed by atoms with van der Waals surface area (Å²) in [5.74, 6) is -2.03. The quantitative estimate of drug-likeness (QED) is 0.285. The molecule has 13 nitrogen and oxygen atoms in total. The first kappa shape index (κ1) is 28.5. The molecule has 0 atom stereocenters. The fourth-order valence-electron chi connectivity index (χ4n) is 4.65. The van der Waals surface area contributed by atoms with E-state index in [4.69, 9.17) is 9.57 Å². The number of anilines is 1. The largest absolute Gasteiger partial charge is 0.462 e. The highest BCUT2D eigenvalue weighted by Gasteiger charge is 2.31. The maximum atomic E-state index is 12.8. The van der Waals surface area contributed by atoms with E-state index in [0.29, 0.717) is 42.5 Å². The normalized spacial score (nSPS) is 13.9. The number of ether oxygens (including phenoxy) is 1. The molecular weight excluding hydrogens is 562 g/mol. The predicted molar refractivity (Wildman–Crippen MR) is 151 cm³/mol. The van der Waals surface area contributed by atoms with Gasteiger partial charge < -0.3 is 14.5 Å². The molecule has 2 aromatic carbocycles. The third-order valence-electron chi connectivity index (χ3n) is 6.70. The molecule has 0 saturated carbocycles. The molecular formula is C28H27N7O6S. The lowest BCUT2D eigenvalue weighted by atomic mass is 9.96. The van der Waals surface area contributed by atoms with E-state index in [1.807, 2.05) is 0 Å². The molecule has 4 aromatic rings. The van der Waals surface area contributed by atoms with Crippen molar-refractivity contribution in [2.75, 3.05) is 24.6 Å². The molecule has 1 aliphatic rings. The number of carbonyl (C=O) groups excluding carboxylic acids is 2. The Labute approximate surface area is 241 Å². The van der Waals surface area contributed by atoms with Gasteiger partial charge in [-0.15, -0.1) is 5.10 Å². The third kappa shape index (κ3) is 6.31. The average Bonchev–Trinajstić information content (AvgIpc) is 3.39. The topological polar surface area (TPSA) is 169 Å². The second kappa shape index (κ2) is 12.2. The lowest BCUT2D eigenvalue weighted by Crippen LogP contribution is -2.43. The van der Waals surface area contributed by atoms with Crippen LogP contribution in [0.15, 0.2) is 60.7 Å². The zero-order valence-electron chi connectivity index (χ0n) is 22.6. The molecule has 216 valence electrons. The summed E-state index contributed by atoms with van der Waals surface area (Å²) in [5.41, 5.74) is 1.73. The Kier molecular flexibility index (Phi) is 8.30. The van der Waals surface area contributed by atoms with Crippen LogP contribution in [-0.4, -0.2) is 60.1 Å². The summed E-state index contributed by atoms with van der Waals surface area (Å²) in [6.07, 6.45) is 0.644. The summed E-state index contributed by atoms with van der Waals surface area (Å²) in [6, 6.07) is 19.1. The van der Waals surface area contributed by atoms with E-state index >= 15 is 0 Å². The molecule has 1 fully saturated rings. The van der Waals surface area contributed by atoms with E-state index < -0.39 is 27.8 Å². The highest BCUT2D eigenvalue weighted by molar-refractivity contribution is 7.89. The number of nitrogens with zero attached hydrogens (tertiary/aromatic N) is 6. The minimum absolute atomic E-state index is 0.0605. The molecule has 3 heterocycles.